The van der Waals surface area contributed by atoms with Crippen LogP contribution < -0.4 is 11.1 Å². The summed E-state index contributed by atoms with van der Waals surface area (Å²) >= 11 is 0. The number of allylic oxidation sites excluding steroid dienone is 2. The monoisotopic (exact) mass is 528 g/mol. The Morgan fingerprint density at radius 3 is 2.35 bits per heavy atom. The number of carbonyl (C=O) groups excluding carboxylic acids is 2. The van der Waals surface area contributed by atoms with Crippen LogP contribution in [0.5, 0.6) is 0 Å². The standard InChI is InChI=1S/C27H30F6N2O2/c1-24-7-5-15(16-9-13(26(28,29)30)3-4-19(16)27(31,32)33)22(24)17-12-35-21-11-14(36)10-20(23(34)37)25(21,2)18(17)6-8-24/h3-4,9,11,15,17-18,20,22,35H,5-8,10,12H2,1-2H3,(H2,34,37)/t15?,17-,18+,20?,22+,24+,25+/m1/s1. The molecule has 2 unspecified atom stereocenters. The lowest BCUT2D eigenvalue weighted by Crippen LogP contribution is -2.61. The number of halogens is 6. The first-order valence-electron chi connectivity index (χ1n) is 12.6. The normalized spacial score (nSPS) is 37.7. The Hall–Kier alpha value is -2.52. The Morgan fingerprint density at radius 1 is 1.05 bits per heavy atom. The van der Waals surface area contributed by atoms with Crippen LogP contribution in [-0.4, -0.2) is 18.2 Å². The number of primary amides is 1. The summed E-state index contributed by atoms with van der Waals surface area (Å²) in [6.45, 7) is 4.29. The van der Waals surface area contributed by atoms with Gasteiger partial charge in [-0.2, -0.15) is 26.3 Å². The van der Waals surface area contributed by atoms with E-state index >= 15 is 0 Å². The summed E-state index contributed by atoms with van der Waals surface area (Å²) in [5.74, 6) is -2.96. The predicted octanol–water partition coefficient (Wildman–Crippen LogP) is 5.82. The van der Waals surface area contributed by atoms with E-state index in [1.54, 1.807) is 0 Å². The summed E-state index contributed by atoms with van der Waals surface area (Å²) in [6, 6.07) is 1.75. The molecule has 3 fully saturated rings. The van der Waals surface area contributed by atoms with Gasteiger partial charge in [0, 0.05) is 30.2 Å². The molecular formula is C27H30F6N2O2. The summed E-state index contributed by atoms with van der Waals surface area (Å²) in [7, 11) is 0. The first kappa shape index (κ1) is 26.1. The van der Waals surface area contributed by atoms with Crippen LogP contribution in [0.15, 0.2) is 30.0 Å². The molecule has 4 nitrogen and oxygen atoms in total. The van der Waals surface area contributed by atoms with E-state index in [2.05, 4.69) is 5.32 Å². The van der Waals surface area contributed by atoms with Crippen molar-refractivity contribution >= 4 is 11.7 Å². The Labute approximate surface area is 211 Å². The van der Waals surface area contributed by atoms with E-state index in [0.717, 1.165) is 0 Å². The van der Waals surface area contributed by atoms with Crippen molar-refractivity contribution in [1.29, 1.82) is 0 Å². The maximum atomic E-state index is 14.1. The molecule has 3 aliphatic carbocycles. The summed E-state index contributed by atoms with van der Waals surface area (Å²) in [6.07, 6.45) is -5.74. The lowest BCUT2D eigenvalue weighted by Gasteiger charge is -2.59. The molecule has 1 saturated heterocycles. The first-order valence-corrected chi connectivity index (χ1v) is 12.6. The number of piperidine rings is 1. The number of hydrogen-bond donors (Lipinski definition) is 2. The number of alkyl halides is 6. The number of amides is 1. The number of ketones is 1. The second kappa shape index (κ2) is 8.24. The highest BCUT2D eigenvalue weighted by Crippen LogP contribution is 2.67. The van der Waals surface area contributed by atoms with Crippen LogP contribution in [-0.2, 0) is 21.9 Å². The zero-order chi connectivity index (χ0) is 27.1. The summed E-state index contributed by atoms with van der Waals surface area (Å²) in [4.78, 5) is 24.8. The van der Waals surface area contributed by atoms with Crippen molar-refractivity contribution in [3.05, 3.63) is 46.7 Å². The molecule has 1 aromatic rings. The second-order valence-corrected chi connectivity index (χ2v) is 11.8. The number of rotatable bonds is 2. The highest BCUT2D eigenvalue weighted by molar-refractivity contribution is 5.96. The molecule has 4 aliphatic rings. The molecule has 0 bridgehead atoms. The number of benzene rings is 1. The van der Waals surface area contributed by atoms with Crippen LogP contribution in [0.1, 0.15) is 68.6 Å². The summed E-state index contributed by atoms with van der Waals surface area (Å²) in [5, 5.41) is 3.29. The van der Waals surface area contributed by atoms with Crippen molar-refractivity contribution in [2.45, 2.75) is 64.2 Å². The molecule has 1 amide bonds. The van der Waals surface area contributed by atoms with Gasteiger partial charge in [0.1, 0.15) is 0 Å². The van der Waals surface area contributed by atoms with Crippen molar-refractivity contribution in [3.63, 3.8) is 0 Å². The average molecular weight is 529 g/mol. The molecule has 37 heavy (non-hydrogen) atoms. The average Bonchev–Trinajstić information content (AvgIpc) is 3.15. The fourth-order valence-electron chi connectivity index (χ4n) is 8.34. The maximum Gasteiger partial charge on any atom is 0.416 e. The highest BCUT2D eigenvalue weighted by atomic mass is 19.4. The fourth-order valence-corrected chi connectivity index (χ4v) is 8.34. The molecule has 1 aliphatic heterocycles. The third-order valence-electron chi connectivity index (χ3n) is 10.0. The summed E-state index contributed by atoms with van der Waals surface area (Å²) in [5.41, 5.74) is 2.81. The number of fused-ring (bicyclic) bond motifs is 5. The molecule has 202 valence electrons. The highest BCUT2D eigenvalue weighted by Gasteiger charge is 2.62. The zero-order valence-corrected chi connectivity index (χ0v) is 20.6. The molecule has 10 heteroatoms. The molecule has 3 N–H and O–H groups in total. The largest absolute Gasteiger partial charge is 0.416 e. The quantitative estimate of drug-likeness (QED) is 0.476. The van der Waals surface area contributed by atoms with Crippen molar-refractivity contribution in [3.8, 4) is 0 Å². The van der Waals surface area contributed by atoms with Crippen LogP contribution >= 0.6 is 0 Å². The van der Waals surface area contributed by atoms with E-state index < -0.39 is 46.6 Å². The van der Waals surface area contributed by atoms with Gasteiger partial charge in [-0.1, -0.05) is 13.8 Å². The van der Waals surface area contributed by atoms with E-state index in [1.165, 1.54) is 6.08 Å². The Kier molecular flexibility index (Phi) is 5.81. The van der Waals surface area contributed by atoms with Gasteiger partial charge in [0.05, 0.1) is 17.0 Å². The SMILES string of the molecule is C[C@@]12CCC(c3cc(C(F)(F)F)ccc3C(F)(F)F)[C@H]1[C@@H]1CNC3=CC(=O)CC(C(N)=O)[C@]3(C)[C@H]1CC2. The lowest BCUT2D eigenvalue weighted by molar-refractivity contribution is -0.142. The number of nitrogens with two attached hydrogens (primary N) is 1. The molecule has 1 heterocycles. The molecule has 5 rings (SSSR count). The Morgan fingerprint density at radius 2 is 1.73 bits per heavy atom. The third-order valence-corrected chi connectivity index (χ3v) is 10.0. The van der Waals surface area contributed by atoms with Crippen LogP contribution in [0.3, 0.4) is 0 Å². The van der Waals surface area contributed by atoms with Gasteiger partial charge < -0.3 is 11.1 Å². The minimum absolute atomic E-state index is 0.0303. The van der Waals surface area contributed by atoms with Gasteiger partial charge in [-0.15, -0.1) is 0 Å². The van der Waals surface area contributed by atoms with E-state index in [-0.39, 0.29) is 40.9 Å². The van der Waals surface area contributed by atoms with Crippen molar-refractivity contribution < 1.29 is 35.9 Å². The zero-order valence-electron chi connectivity index (χ0n) is 20.6. The second-order valence-electron chi connectivity index (χ2n) is 11.8. The van der Waals surface area contributed by atoms with E-state index in [9.17, 15) is 35.9 Å². The van der Waals surface area contributed by atoms with Gasteiger partial charge in [0.25, 0.3) is 0 Å². The van der Waals surface area contributed by atoms with Gasteiger partial charge in [-0.3, -0.25) is 9.59 Å². The third kappa shape index (κ3) is 3.96. The van der Waals surface area contributed by atoms with Crippen molar-refractivity contribution in [1.82, 2.24) is 5.32 Å². The van der Waals surface area contributed by atoms with Gasteiger partial charge in [0.2, 0.25) is 5.91 Å². The Balaban J connectivity index is 1.62. The van der Waals surface area contributed by atoms with E-state index in [1.807, 2.05) is 13.8 Å². The molecule has 2 saturated carbocycles. The smallest absolute Gasteiger partial charge is 0.387 e. The summed E-state index contributed by atoms with van der Waals surface area (Å²) < 4.78 is 82.9. The minimum atomic E-state index is -4.79. The maximum absolute atomic E-state index is 14.1. The molecule has 1 aromatic carbocycles. The lowest BCUT2D eigenvalue weighted by atomic mass is 9.47. The van der Waals surface area contributed by atoms with E-state index in [4.69, 9.17) is 5.73 Å². The van der Waals surface area contributed by atoms with Crippen LogP contribution in [0, 0.1) is 34.5 Å². The molecule has 0 spiro atoms. The topological polar surface area (TPSA) is 72.2 Å². The first-order chi connectivity index (χ1) is 17.1. The van der Waals surface area contributed by atoms with Gasteiger partial charge in [-0.25, -0.2) is 0 Å². The van der Waals surface area contributed by atoms with Crippen molar-refractivity contribution in [2.24, 2.45) is 40.2 Å². The number of hydrogen-bond acceptors (Lipinski definition) is 3. The van der Waals surface area contributed by atoms with Crippen LogP contribution in [0.4, 0.5) is 26.3 Å². The van der Waals surface area contributed by atoms with Crippen LogP contribution in [0.25, 0.3) is 0 Å². The Bertz CT molecular complexity index is 1170. The number of carbonyl (C=O) groups is 2. The molecule has 0 aromatic heterocycles. The van der Waals surface area contributed by atoms with Gasteiger partial charge in [-0.05, 0) is 78.5 Å². The molecule has 7 atom stereocenters. The van der Waals surface area contributed by atoms with Crippen molar-refractivity contribution in [2.75, 3.05) is 6.54 Å². The van der Waals surface area contributed by atoms with Crippen LogP contribution in [0.2, 0.25) is 0 Å². The minimum Gasteiger partial charge on any atom is -0.387 e. The predicted molar refractivity (Wildman–Crippen MR) is 123 cm³/mol. The molecular weight excluding hydrogens is 498 g/mol. The number of nitrogens with one attached hydrogen (secondary N) is 1. The molecule has 0 radical (unpaired) electrons. The van der Waals surface area contributed by atoms with E-state index in [0.29, 0.717) is 56.1 Å². The van der Waals surface area contributed by atoms with Gasteiger partial charge in [0.15, 0.2) is 5.78 Å². The van der Waals surface area contributed by atoms with Gasteiger partial charge >= 0.3 is 12.4 Å². The fraction of sp³-hybridized carbons (Fsp3) is 0.630.